The molecule has 6 heteroatoms. The van der Waals surface area contributed by atoms with Gasteiger partial charge < -0.3 is 24.4 Å². The van der Waals surface area contributed by atoms with Crippen LogP contribution in [0.3, 0.4) is 0 Å². The van der Waals surface area contributed by atoms with Crippen LogP contribution in [0.4, 0.5) is 0 Å². The van der Waals surface area contributed by atoms with E-state index in [9.17, 15) is 9.90 Å². The standard InChI is InChI=1S/C12H16O6/c1-16-6-7-4-8(17-2)5-9(18-3)10(7)11(13)12(14)15/h4-5,11,13H,6H2,1-3H3,(H,14,15). The van der Waals surface area contributed by atoms with Gasteiger partial charge in [0.15, 0.2) is 6.10 Å². The van der Waals surface area contributed by atoms with Crippen molar-refractivity contribution in [1.29, 1.82) is 0 Å². The van der Waals surface area contributed by atoms with Crippen LogP contribution in [0.2, 0.25) is 0 Å². The molecule has 2 N–H and O–H groups in total. The van der Waals surface area contributed by atoms with E-state index in [1.807, 2.05) is 0 Å². The molecule has 0 aliphatic heterocycles. The third-order valence-corrected chi connectivity index (χ3v) is 2.46. The van der Waals surface area contributed by atoms with Gasteiger partial charge in [-0.1, -0.05) is 0 Å². The molecular weight excluding hydrogens is 240 g/mol. The Morgan fingerprint density at radius 2 is 1.94 bits per heavy atom. The number of hydrogen-bond acceptors (Lipinski definition) is 5. The SMILES string of the molecule is COCc1cc(OC)cc(OC)c1C(O)C(=O)O. The number of aliphatic hydroxyl groups excluding tert-OH is 1. The van der Waals surface area contributed by atoms with Gasteiger partial charge >= 0.3 is 5.97 Å². The fraction of sp³-hybridized carbons (Fsp3) is 0.417. The predicted octanol–water partition coefficient (Wildman–Crippen LogP) is 0.968. The number of aliphatic carboxylic acids is 1. The maximum atomic E-state index is 10.9. The van der Waals surface area contributed by atoms with Crippen LogP contribution in [-0.4, -0.2) is 37.5 Å². The lowest BCUT2D eigenvalue weighted by atomic mass is 10.0. The van der Waals surface area contributed by atoms with Crippen LogP contribution in [0.15, 0.2) is 12.1 Å². The summed E-state index contributed by atoms with van der Waals surface area (Å²) in [6, 6.07) is 3.12. The van der Waals surface area contributed by atoms with Gasteiger partial charge in [-0.05, 0) is 11.6 Å². The molecule has 0 aliphatic rings. The molecule has 6 nitrogen and oxygen atoms in total. The summed E-state index contributed by atoms with van der Waals surface area (Å²) in [5.74, 6) is -0.604. The molecule has 18 heavy (non-hydrogen) atoms. The number of benzene rings is 1. The Morgan fingerprint density at radius 1 is 1.28 bits per heavy atom. The summed E-state index contributed by atoms with van der Waals surface area (Å²) < 4.78 is 15.1. The Hall–Kier alpha value is -1.79. The van der Waals surface area contributed by atoms with E-state index in [0.717, 1.165) is 0 Å². The van der Waals surface area contributed by atoms with Gasteiger partial charge in [-0.3, -0.25) is 0 Å². The highest BCUT2D eigenvalue weighted by Crippen LogP contribution is 2.34. The smallest absolute Gasteiger partial charge is 0.337 e. The van der Waals surface area contributed by atoms with E-state index >= 15 is 0 Å². The van der Waals surface area contributed by atoms with Crippen molar-refractivity contribution in [3.63, 3.8) is 0 Å². The Kier molecular flexibility index (Phi) is 4.94. The number of carbonyl (C=O) groups is 1. The zero-order valence-electron chi connectivity index (χ0n) is 10.5. The molecule has 0 aliphatic carbocycles. The molecule has 1 unspecified atom stereocenters. The molecule has 0 saturated heterocycles. The molecule has 0 saturated carbocycles. The minimum Gasteiger partial charge on any atom is -0.497 e. The van der Waals surface area contributed by atoms with Crippen molar-refractivity contribution < 1.29 is 29.2 Å². The molecule has 0 bridgehead atoms. The summed E-state index contributed by atoms with van der Waals surface area (Å²) in [5, 5.41) is 18.6. The number of carboxylic acid groups (broad SMARTS) is 1. The largest absolute Gasteiger partial charge is 0.497 e. The molecule has 1 atom stereocenters. The van der Waals surface area contributed by atoms with Gasteiger partial charge in [0.25, 0.3) is 0 Å². The first-order valence-electron chi connectivity index (χ1n) is 5.19. The molecule has 1 aromatic rings. The van der Waals surface area contributed by atoms with Gasteiger partial charge in [0.2, 0.25) is 0 Å². The number of hydrogen-bond donors (Lipinski definition) is 2. The first-order chi connectivity index (χ1) is 8.54. The Bertz CT molecular complexity index is 429. The molecule has 0 radical (unpaired) electrons. The summed E-state index contributed by atoms with van der Waals surface area (Å²) in [6.07, 6.45) is -1.67. The third-order valence-electron chi connectivity index (χ3n) is 2.46. The molecular formula is C12H16O6. The molecule has 100 valence electrons. The third kappa shape index (κ3) is 2.91. The number of aliphatic hydroxyl groups is 1. The predicted molar refractivity (Wildman–Crippen MR) is 62.9 cm³/mol. The number of methoxy groups -OCH3 is 3. The minimum absolute atomic E-state index is 0.146. The Labute approximate surface area is 105 Å². The number of ether oxygens (including phenoxy) is 3. The van der Waals surface area contributed by atoms with E-state index in [1.165, 1.54) is 27.4 Å². The molecule has 0 fully saturated rings. The normalized spacial score (nSPS) is 12.0. The average Bonchev–Trinajstić information content (AvgIpc) is 2.37. The van der Waals surface area contributed by atoms with Crippen molar-refractivity contribution in [1.82, 2.24) is 0 Å². The fourth-order valence-corrected chi connectivity index (χ4v) is 1.65. The highest BCUT2D eigenvalue weighted by Gasteiger charge is 2.25. The lowest BCUT2D eigenvalue weighted by molar-refractivity contribution is -0.147. The summed E-state index contributed by atoms with van der Waals surface area (Å²) in [4.78, 5) is 10.9. The second-order valence-electron chi connectivity index (χ2n) is 3.58. The Morgan fingerprint density at radius 3 is 2.39 bits per heavy atom. The average molecular weight is 256 g/mol. The summed E-state index contributed by atoms with van der Waals surface area (Å²) in [5.41, 5.74) is 0.677. The van der Waals surface area contributed by atoms with Gasteiger partial charge in [0, 0.05) is 18.7 Å². The summed E-state index contributed by atoms with van der Waals surface area (Å²) in [7, 11) is 4.35. The number of carboxylic acids is 1. The summed E-state index contributed by atoms with van der Waals surface area (Å²) in [6.45, 7) is 0.146. The topological polar surface area (TPSA) is 85.2 Å². The van der Waals surface area contributed by atoms with Crippen LogP contribution >= 0.6 is 0 Å². The summed E-state index contributed by atoms with van der Waals surface area (Å²) >= 11 is 0. The van der Waals surface area contributed by atoms with E-state index in [-0.39, 0.29) is 17.9 Å². The monoisotopic (exact) mass is 256 g/mol. The first-order valence-corrected chi connectivity index (χ1v) is 5.19. The van der Waals surface area contributed by atoms with Crippen LogP contribution in [0.1, 0.15) is 17.2 Å². The molecule has 0 spiro atoms. The highest BCUT2D eigenvalue weighted by atomic mass is 16.5. The van der Waals surface area contributed by atoms with Crippen molar-refractivity contribution in [2.24, 2.45) is 0 Å². The van der Waals surface area contributed by atoms with Crippen molar-refractivity contribution in [2.45, 2.75) is 12.7 Å². The van der Waals surface area contributed by atoms with E-state index in [2.05, 4.69) is 0 Å². The lowest BCUT2D eigenvalue weighted by Gasteiger charge is -2.17. The zero-order chi connectivity index (χ0) is 13.7. The second kappa shape index (κ2) is 6.23. The van der Waals surface area contributed by atoms with E-state index in [1.54, 1.807) is 6.07 Å². The molecule has 0 aromatic heterocycles. The number of rotatable bonds is 6. The molecule has 0 heterocycles. The highest BCUT2D eigenvalue weighted by molar-refractivity contribution is 5.76. The second-order valence-corrected chi connectivity index (χ2v) is 3.58. The maximum absolute atomic E-state index is 10.9. The quantitative estimate of drug-likeness (QED) is 0.788. The molecule has 1 aromatic carbocycles. The maximum Gasteiger partial charge on any atom is 0.337 e. The van der Waals surface area contributed by atoms with E-state index in [0.29, 0.717) is 11.3 Å². The zero-order valence-corrected chi connectivity index (χ0v) is 10.5. The van der Waals surface area contributed by atoms with Crippen molar-refractivity contribution in [2.75, 3.05) is 21.3 Å². The minimum atomic E-state index is -1.67. The van der Waals surface area contributed by atoms with Crippen LogP contribution in [0.5, 0.6) is 11.5 Å². The van der Waals surface area contributed by atoms with Crippen LogP contribution in [0.25, 0.3) is 0 Å². The van der Waals surface area contributed by atoms with Gasteiger partial charge in [0.05, 0.1) is 20.8 Å². The van der Waals surface area contributed by atoms with E-state index in [4.69, 9.17) is 19.3 Å². The van der Waals surface area contributed by atoms with Crippen molar-refractivity contribution in [3.05, 3.63) is 23.3 Å². The van der Waals surface area contributed by atoms with Crippen LogP contribution < -0.4 is 9.47 Å². The molecule has 0 amide bonds. The first kappa shape index (κ1) is 14.3. The van der Waals surface area contributed by atoms with Gasteiger partial charge in [-0.2, -0.15) is 0 Å². The van der Waals surface area contributed by atoms with Crippen molar-refractivity contribution in [3.8, 4) is 11.5 Å². The fourth-order valence-electron chi connectivity index (χ4n) is 1.65. The van der Waals surface area contributed by atoms with Gasteiger partial charge in [-0.25, -0.2) is 4.79 Å². The van der Waals surface area contributed by atoms with Crippen molar-refractivity contribution >= 4 is 5.97 Å². The van der Waals surface area contributed by atoms with Crippen LogP contribution in [-0.2, 0) is 16.1 Å². The van der Waals surface area contributed by atoms with Gasteiger partial charge in [0.1, 0.15) is 11.5 Å². The Balaban J connectivity index is 3.38. The lowest BCUT2D eigenvalue weighted by Crippen LogP contribution is -2.14. The van der Waals surface area contributed by atoms with E-state index < -0.39 is 12.1 Å². The molecule has 1 rings (SSSR count). The van der Waals surface area contributed by atoms with Crippen LogP contribution in [0, 0.1) is 0 Å². The van der Waals surface area contributed by atoms with Gasteiger partial charge in [-0.15, -0.1) is 0 Å².